The van der Waals surface area contributed by atoms with Crippen molar-refractivity contribution in [2.75, 3.05) is 24.3 Å². The summed E-state index contributed by atoms with van der Waals surface area (Å²) in [7, 11) is 4.03. The molecule has 0 bridgehead atoms. The van der Waals surface area contributed by atoms with Crippen molar-refractivity contribution in [3.8, 4) is 0 Å². The Morgan fingerprint density at radius 1 is 1.20 bits per heavy atom. The molecule has 1 aromatic heterocycles. The fourth-order valence-corrected chi connectivity index (χ4v) is 3.81. The highest BCUT2D eigenvalue weighted by Gasteiger charge is 2.41. The Labute approximate surface area is 147 Å². The number of nitrogens with zero attached hydrogens (tertiary/aromatic N) is 4. The molecule has 0 saturated heterocycles. The molecule has 1 aliphatic carbocycles. The number of rotatable bonds is 2. The lowest BCUT2D eigenvalue weighted by atomic mass is 9.73. The van der Waals surface area contributed by atoms with Crippen LogP contribution in [0, 0.1) is 5.41 Å². The molecule has 1 N–H and O–H groups in total. The van der Waals surface area contributed by atoms with Crippen LogP contribution >= 0.6 is 0 Å². The number of nitrogens with one attached hydrogen (secondary N) is 1. The van der Waals surface area contributed by atoms with Crippen molar-refractivity contribution in [3.63, 3.8) is 0 Å². The number of benzene rings is 1. The predicted molar refractivity (Wildman–Crippen MR) is 97.6 cm³/mol. The van der Waals surface area contributed by atoms with Gasteiger partial charge in [0.25, 0.3) is 0 Å². The van der Waals surface area contributed by atoms with E-state index < -0.39 is 0 Å². The minimum atomic E-state index is -0.214. The number of allylic oxidation sites excluding steroid dienone is 2. The van der Waals surface area contributed by atoms with Gasteiger partial charge < -0.3 is 10.2 Å². The molecular weight excluding hydrogens is 314 g/mol. The van der Waals surface area contributed by atoms with Crippen LogP contribution in [-0.2, 0) is 4.79 Å². The summed E-state index contributed by atoms with van der Waals surface area (Å²) in [5.74, 6) is 0.896. The van der Waals surface area contributed by atoms with Crippen LogP contribution in [0.25, 0.3) is 0 Å². The fourth-order valence-electron chi connectivity index (χ4n) is 3.81. The number of anilines is 2. The van der Waals surface area contributed by atoms with Gasteiger partial charge in [0, 0.05) is 37.5 Å². The standard InChI is InChI=1S/C19H23N5O/c1-19(2)9-14-16(15(25)10-19)17(24-18(22-14)20-11-21-24)12-5-7-13(8-6-12)23(3)4/h5-8,11,17H,9-10H2,1-4H3,(H,20,21,22)/t17-/m1/s1. The van der Waals surface area contributed by atoms with E-state index >= 15 is 0 Å². The van der Waals surface area contributed by atoms with Crippen LogP contribution in [-0.4, -0.2) is 34.6 Å². The van der Waals surface area contributed by atoms with Crippen molar-refractivity contribution < 1.29 is 4.79 Å². The van der Waals surface area contributed by atoms with Gasteiger partial charge in [-0.3, -0.25) is 4.79 Å². The molecule has 2 aliphatic rings. The van der Waals surface area contributed by atoms with E-state index in [4.69, 9.17) is 0 Å². The van der Waals surface area contributed by atoms with Crippen molar-refractivity contribution in [3.05, 3.63) is 47.4 Å². The molecular formula is C19H23N5O. The van der Waals surface area contributed by atoms with Crippen LogP contribution in [0.15, 0.2) is 41.9 Å². The Morgan fingerprint density at radius 2 is 1.92 bits per heavy atom. The van der Waals surface area contributed by atoms with Gasteiger partial charge in [0.05, 0.1) is 0 Å². The molecule has 1 aliphatic heterocycles. The molecule has 0 fully saturated rings. The molecule has 6 heteroatoms. The van der Waals surface area contributed by atoms with Gasteiger partial charge in [0.1, 0.15) is 12.4 Å². The van der Waals surface area contributed by atoms with Crippen molar-refractivity contribution in [2.45, 2.75) is 32.7 Å². The lowest BCUT2D eigenvalue weighted by Crippen LogP contribution is -2.36. The first-order valence-corrected chi connectivity index (χ1v) is 8.56. The molecule has 0 radical (unpaired) electrons. The zero-order valence-corrected chi connectivity index (χ0v) is 15.1. The molecule has 2 aromatic rings. The quantitative estimate of drug-likeness (QED) is 0.913. The Morgan fingerprint density at radius 3 is 2.60 bits per heavy atom. The van der Waals surface area contributed by atoms with Gasteiger partial charge in [-0.2, -0.15) is 10.1 Å². The maximum Gasteiger partial charge on any atom is 0.226 e. The Hall–Kier alpha value is -2.63. The number of carbonyl (C=O) groups is 1. The number of carbonyl (C=O) groups excluding carboxylic acids is 1. The third-order valence-corrected chi connectivity index (χ3v) is 5.00. The molecule has 0 spiro atoms. The SMILES string of the molecule is CN(C)c1ccc([C@@H]2C3=C(CC(C)(C)CC3=O)Nc3ncnn32)cc1. The molecule has 1 aromatic carbocycles. The van der Waals surface area contributed by atoms with Gasteiger partial charge in [0.2, 0.25) is 5.95 Å². The average molecular weight is 337 g/mol. The first kappa shape index (κ1) is 15.9. The Balaban J connectivity index is 1.84. The highest BCUT2D eigenvalue weighted by Crippen LogP contribution is 2.45. The summed E-state index contributed by atoms with van der Waals surface area (Å²) in [4.78, 5) is 19.4. The minimum absolute atomic E-state index is 0.0373. The van der Waals surface area contributed by atoms with Crippen LogP contribution < -0.4 is 10.2 Å². The highest BCUT2D eigenvalue weighted by atomic mass is 16.1. The van der Waals surface area contributed by atoms with E-state index in [2.05, 4.69) is 58.4 Å². The van der Waals surface area contributed by atoms with Crippen LogP contribution in [0.5, 0.6) is 0 Å². The van der Waals surface area contributed by atoms with E-state index in [1.165, 1.54) is 6.33 Å². The topological polar surface area (TPSA) is 63.1 Å². The number of aromatic nitrogens is 3. The largest absolute Gasteiger partial charge is 0.378 e. The van der Waals surface area contributed by atoms with Gasteiger partial charge in [-0.1, -0.05) is 26.0 Å². The van der Waals surface area contributed by atoms with E-state index in [1.807, 2.05) is 18.8 Å². The summed E-state index contributed by atoms with van der Waals surface area (Å²) >= 11 is 0. The summed E-state index contributed by atoms with van der Waals surface area (Å²) < 4.78 is 1.82. The number of ketones is 1. The predicted octanol–water partition coefficient (Wildman–Crippen LogP) is 3.00. The molecule has 0 unspecified atom stereocenters. The van der Waals surface area contributed by atoms with E-state index in [0.717, 1.165) is 28.9 Å². The smallest absolute Gasteiger partial charge is 0.226 e. The molecule has 2 heterocycles. The molecule has 0 amide bonds. The lowest BCUT2D eigenvalue weighted by molar-refractivity contribution is -0.118. The summed E-state index contributed by atoms with van der Waals surface area (Å²) in [6.45, 7) is 4.27. The zero-order chi connectivity index (χ0) is 17.8. The van der Waals surface area contributed by atoms with Gasteiger partial charge in [0.15, 0.2) is 5.78 Å². The summed E-state index contributed by atoms with van der Waals surface area (Å²) in [5, 5.41) is 7.71. The molecule has 25 heavy (non-hydrogen) atoms. The van der Waals surface area contributed by atoms with Gasteiger partial charge in [-0.05, 0) is 29.5 Å². The van der Waals surface area contributed by atoms with Crippen LogP contribution in [0.3, 0.4) is 0 Å². The van der Waals surface area contributed by atoms with Crippen molar-refractivity contribution >= 4 is 17.4 Å². The van der Waals surface area contributed by atoms with E-state index in [-0.39, 0.29) is 17.2 Å². The third-order valence-electron chi connectivity index (χ3n) is 5.00. The average Bonchev–Trinajstić information content (AvgIpc) is 2.99. The van der Waals surface area contributed by atoms with E-state index in [1.54, 1.807) is 0 Å². The van der Waals surface area contributed by atoms with Crippen molar-refractivity contribution in [1.82, 2.24) is 14.8 Å². The molecule has 6 nitrogen and oxygen atoms in total. The first-order valence-electron chi connectivity index (χ1n) is 8.56. The van der Waals surface area contributed by atoms with Crippen molar-refractivity contribution in [1.29, 1.82) is 0 Å². The van der Waals surface area contributed by atoms with Crippen LogP contribution in [0.1, 0.15) is 38.3 Å². The second-order valence-electron chi connectivity index (χ2n) is 7.87. The Kier molecular flexibility index (Phi) is 3.45. The van der Waals surface area contributed by atoms with E-state index in [9.17, 15) is 4.79 Å². The second-order valence-corrected chi connectivity index (χ2v) is 7.87. The lowest BCUT2D eigenvalue weighted by Gasteiger charge is -2.38. The summed E-state index contributed by atoms with van der Waals surface area (Å²) in [6.07, 6.45) is 2.94. The van der Waals surface area contributed by atoms with E-state index in [0.29, 0.717) is 12.4 Å². The number of hydrogen-bond donors (Lipinski definition) is 1. The maximum absolute atomic E-state index is 13.0. The minimum Gasteiger partial charge on any atom is -0.378 e. The molecule has 0 saturated carbocycles. The first-order chi connectivity index (χ1) is 11.9. The number of hydrogen-bond acceptors (Lipinski definition) is 5. The number of fused-ring (bicyclic) bond motifs is 1. The fraction of sp³-hybridized carbons (Fsp3) is 0.421. The number of Topliss-reactive ketones (excluding diaryl/α,β-unsaturated/α-hetero) is 1. The van der Waals surface area contributed by atoms with Crippen LogP contribution in [0.2, 0.25) is 0 Å². The van der Waals surface area contributed by atoms with Gasteiger partial charge in [-0.25, -0.2) is 4.68 Å². The monoisotopic (exact) mass is 337 g/mol. The van der Waals surface area contributed by atoms with Gasteiger partial charge in [-0.15, -0.1) is 0 Å². The molecule has 130 valence electrons. The summed E-state index contributed by atoms with van der Waals surface area (Å²) in [5.41, 5.74) is 3.96. The Bertz CT molecular complexity index is 860. The molecule has 4 rings (SSSR count). The highest BCUT2D eigenvalue weighted by molar-refractivity contribution is 6.00. The third kappa shape index (κ3) is 2.62. The zero-order valence-electron chi connectivity index (χ0n) is 15.1. The molecule has 1 atom stereocenters. The second kappa shape index (κ2) is 5.44. The van der Waals surface area contributed by atoms with Crippen LogP contribution in [0.4, 0.5) is 11.6 Å². The van der Waals surface area contributed by atoms with Gasteiger partial charge >= 0.3 is 0 Å². The summed E-state index contributed by atoms with van der Waals surface area (Å²) in [6, 6.07) is 8.09. The maximum atomic E-state index is 13.0. The normalized spacial score (nSPS) is 21.4. The van der Waals surface area contributed by atoms with Crippen molar-refractivity contribution in [2.24, 2.45) is 5.41 Å².